The molecule has 1 aliphatic rings. The molecule has 0 spiro atoms. The highest BCUT2D eigenvalue weighted by molar-refractivity contribution is 9.10. The van der Waals surface area contributed by atoms with Crippen LogP contribution in [0.25, 0.3) is 0 Å². The van der Waals surface area contributed by atoms with Gasteiger partial charge in [-0.3, -0.25) is 9.89 Å². The van der Waals surface area contributed by atoms with E-state index in [1.807, 2.05) is 6.07 Å². The monoisotopic (exact) mass is 400 g/mol. The highest BCUT2D eigenvalue weighted by Gasteiger charge is 2.09. The van der Waals surface area contributed by atoms with E-state index in [0.29, 0.717) is 24.5 Å². The molecule has 0 aromatic heterocycles. The first-order valence-corrected chi connectivity index (χ1v) is 9.22. The van der Waals surface area contributed by atoms with E-state index in [9.17, 15) is 4.39 Å². The molecule has 1 saturated heterocycles. The Morgan fingerprint density at radius 3 is 2.88 bits per heavy atom. The summed E-state index contributed by atoms with van der Waals surface area (Å²) in [6, 6.07) is 5.14. The molecule has 0 saturated carbocycles. The van der Waals surface area contributed by atoms with E-state index in [0.717, 1.165) is 56.7 Å². The first-order valence-electron chi connectivity index (χ1n) is 8.43. The lowest BCUT2D eigenvalue weighted by molar-refractivity contribution is 0.0376. The van der Waals surface area contributed by atoms with E-state index in [2.05, 4.69) is 31.1 Å². The van der Waals surface area contributed by atoms with E-state index in [4.69, 9.17) is 10.5 Å². The molecule has 0 bridgehead atoms. The van der Waals surface area contributed by atoms with Gasteiger partial charge >= 0.3 is 0 Å². The van der Waals surface area contributed by atoms with Crippen LogP contribution in [-0.2, 0) is 11.2 Å². The van der Waals surface area contributed by atoms with Crippen molar-refractivity contribution in [1.29, 1.82) is 0 Å². The first-order chi connectivity index (χ1) is 11.6. The fourth-order valence-corrected chi connectivity index (χ4v) is 2.93. The van der Waals surface area contributed by atoms with Crippen molar-refractivity contribution in [2.24, 2.45) is 10.7 Å². The number of nitrogens with two attached hydrogens (primary N) is 1. The number of nitrogens with one attached hydrogen (secondary N) is 1. The average Bonchev–Trinajstić information content (AvgIpc) is 2.58. The van der Waals surface area contributed by atoms with Gasteiger partial charge in [0.15, 0.2) is 5.96 Å². The molecule has 0 amide bonds. The Balaban J connectivity index is 1.56. The lowest BCUT2D eigenvalue weighted by Crippen LogP contribution is -2.39. The molecule has 1 aromatic carbocycles. The average molecular weight is 401 g/mol. The van der Waals surface area contributed by atoms with Crippen molar-refractivity contribution in [2.75, 3.05) is 45.9 Å². The summed E-state index contributed by atoms with van der Waals surface area (Å²) in [5.41, 5.74) is 6.56. The van der Waals surface area contributed by atoms with Crippen molar-refractivity contribution in [3.8, 4) is 0 Å². The van der Waals surface area contributed by atoms with Gasteiger partial charge in [-0.15, -0.1) is 0 Å². The van der Waals surface area contributed by atoms with Gasteiger partial charge in [-0.25, -0.2) is 4.39 Å². The standard InChI is InChI=1S/C17H26BrFN4O/c18-15-5-4-14(16(19)13-15)3-1-6-21-17(20)22-7-2-8-23-9-11-24-12-10-23/h4-5,13H,1-3,6-12H2,(H3,20,21,22). The van der Waals surface area contributed by atoms with Gasteiger partial charge < -0.3 is 15.8 Å². The van der Waals surface area contributed by atoms with Gasteiger partial charge in [0.1, 0.15) is 5.82 Å². The second-order valence-corrected chi connectivity index (χ2v) is 6.76. The Kier molecular flexibility index (Phi) is 8.49. The molecule has 0 unspecified atom stereocenters. The lowest BCUT2D eigenvalue weighted by atomic mass is 10.1. The third-order valence-electron chi connectivity index (χ3n) is 3.96. The van der Waals surface area contributed by atoms with E-state index >= 15 is 0 Å². The number of guanidine groups is 1. The molecule has 1 fully saturated rings. The molecular weight excluding hydrogens is 375 g/mol. The fraction of sp³-hybridized carbons (Fsp3) is 0.588. The SMILES string of the molecule is NC(=NCCCc1ccc(Br)cc1F)NCCCN1CCOCC1. The highest BCUT2D eigenvalue weighted by atomic mass is 79.9. The van der Waals surface area contributed by atoms with Crippen LogP contribution in [0.2, 0.25) is 0 Å². The van der Waals surface area contributed by atoms with Crippen LogP contribution in [-0.4, -0.2) is 56.8 Å². The van der Waals surface area contributed by atoms with E-state index in [1.54, 1.807) is 6.07 Å². The number of aryl methyl sites for hydroxylation is 1. The van der Waals surface area contributed by atoms with Crippen LogP contribution >= 0.6 is 15.9 Å². The maximum Gasteiger partial charge on any atom is 0.188 e. The summed E-state index contributed by atoms with van der Waals surface area (Å²) in [6.07, 6.45) is 2.46. The molecule has 134 valence electrons. The van der Waals surface area contributed by atoms with Crippen molar-refractivity contribution < 1.29 is 9.13 Å². The number of ether oxygens (including phenoxy) is 1. The Bertz CT molecular complexity index is 535. The minimum absolute atomic E-state index is 0.178. The molecule has 7 heteroatoms. The second kappa shape index (κ2) is 10.6. The zero-order valence-corrected chi connectivity index (χ0v) is 15.5. The summed E-state index contributed by atoms with van der Waals surface area (Å²) in [6.45, 7) is 6.14. The third-order valence-corrected chi connectivity index (χ3v) is 4.46. The number of rotatable bonds is 8. The van der Waals surface area contributed by atoms with Gasteiger partial charge in [0.25, 0.3) is 0 Å². The topological polar surface area (TPSA) is 62.9 Å². The molecule has 1 aromatic rings. The normalized spacial score (nSPS) is 16.3. The molecule has 5 nitrogen and oxygen atoms in total. The van der Waals surface area contributed by atoms with Gasteiger partial charge in [0.2, 0.25) is 0 Å². The minimum Gasteiger partial charge on any atom is -0.379 e. The highest BCUT2D eigenvalue weighted by Crippen LogP contribution is 2.16. The van der Waals surface area contributed by atoms with E-state index < -0.39 is 0 Å². The summed E-state index contributed by atoms with van der Waals surface area (Å²) in [5, 5.41) is 3.13. The summed E-state index contributed by atoms with van der Waals surface area (Å²) in [5.74, 6) is 0.288. The zero-order valence-electron chi connectivity index (χ0n) is 13.9. The van der Waals surface area contributed by atoms with Gasteiger partial charge in [0, 0.05) is 30.7 Å². The lowest BCUT2D eigenvalue weighted by Gasteiger charge is -2.26. The van der Waals surface area contributed by atoms with Crippen LogP contribution in [0.4, 0.5) is 4.39 Å². The smallest absolute Gasteiger partial charge is 0.188 e. The van der Waals surface area contributed by atoms with Crippen molar-refractivity contribution in [2.45, 2.75) is 19.3 Å². The minimum atomic E-state index is -0.178. The first kappa shape index (κ1) is 19.1. The van der Waals surface area contributed by atoms with Crippen LogP contribution in [0.3, 0.4) is 0 Å². The quantitative estimate of drug-likeness (QED) is 0.398. The summed E-state index contributed by atoms with van der Waals surface area (Å²) < 4.78 is 19.8. The molecule has 0 atom stereocenters. The van der Waals surface area contributed by atoms with Gasteiger partial charge in [-0.1, -0.05) is 22.0 Å². The van der Waals surface area contributed by atoms with Crippen molar-refractivity contribution in [3.63, 3.8) is 0 Å². The van der Waals surface area contributed by atoms with Crippen LogP contribution in [0.5, 0.6) is 0 Å². The largest absolute Gasteiger partial charge is 0.379 e. The van der Waals surface area contributed by atoms with Crippen molar-refractivity contribution in [1.82, 2.24) is 10.2 Å². The van der Waals surface area contributed by atoms with Gasteiger partial charge in [-0.2, -0.15) is 0 Å². The molecule has 1 aliphatic heterocycles. The number of nitrogens with zero attached hydrogens (tertiary/aromatic N) is 2. The molecule has 3 N–H and O–H groups in total. The molecular formula is C17H26BrFN4O. The van der Waals surface area contributed by atoms with E-state index in [-0.39, 0.29) is 5.82 Å². The Labute approximate surface area is 151 Å². The van der Waals surface area contributed by atoms with Crippen LogP contribution < -0.4 is 11.1 Å². The predicted octanol–water partition coefficient (Wildman–Crippen LogP) is 2.15. The molecule has 24 heavy (non-hydrogen) atoms. The second-order valence-electron chi connectivity index (χ2n) is 5.84. The Morgan fingerprint density at radius 1 is 1.33 bits per heavy atom. The molecule has 1 heterocycles. The zero-order chi connectivity index (χ0) is 17.2. The number of halogens is 2. The number of benzene rings is 1. The summed E-state index contributed by atoms with van der Waals surface area (Å²) in [7, 11) is 0. The number of hydrogen-bond donors (Lipinski definition) is 2. The third kappa shape index (κ3) is 7.15. The van der Waals surface area contributed by atoms with Gasteiger partial charge in [0.05, 0.1) is 13.2 Å². The van der Waals surface area contributed by atoms with Crippen LogP contribution in [0.1, 0.15) is 18.4 Å². The predicted molar refractivity (Wildman–Crippen MR) is 98.8 cm³/mol. The molecule has 0 aliphatic carbocycles. The van der Waals surface area contributed by atoms with E-state index in [1.165, 1.54) is 6.07 Å². The number of morpholine rings is 1. The molecule has 2 rings (SSSR count). The van der Waals surface area contributed by atoms with Gasteiger partial charge in [-0.05, 0) is 43.5 Å². The number of aliphatic imine (C=N–C) groups is 1. The fourth-order valence-electron chi connectivity index (χ4n) is 2.59. The molecule has 0 radical (unpaired) electrons. The maximum absolute atomic E-state index is 13.7. The summed E-state index contributed by atoms with van der Waals surface area (Å²) in [4.78, 5) is 6.68. The Hall–Kier alpha value is -1.18. The summed E-state index contributed by atoms with van der Waals surface area (Å²) >= 11 is 3.26. The van der Waals surface area contributed by atoms with Crippen molar-refractivity contribution >= 4 is 21.9 Å². The van der Waals surface area contributed by atoms with Crippen LogP contribution in [0.15, 0.2) is 27.7 Å². The number of hydrogen-bond acceptors (Lipinski definition) is 3. The van der Waals surface area contributed by atoms with Crippen LogP contribution in [0, 0.1) is 5.82 Å². The van der Waals surface area contributed by atoms with Crippen molar-refractivity contribution in [3.05, 3.63) is 34.1 Å². The Morgan fingerprint density at radius 2 is 2.12 bits per heavy atom. The maximum atomic E-state index is 13.7.